The Bertz CT molecular complexity index is 862. The molecule has 0 bridgehead atoms. The van der Waals surface area contributed by atoms with E-state index in [0.29, 0.717) is 6.54 Å². The third kappa shape index (κ3) is 4.31. The van der Waals surface area contributed by atoms with Gasteiger partial charge in [-0.1, -0.05) is 12.1 Å². The van der Waals surface area contributed by atoms with E-state index in [-0.39, 0.29) is 0 Å². The van der Waals surface area contributed by atoms with Crippen LogP contribution in [0.1, 0.15) is 11.3 Å². The average Bonchev–Trinajstić information content (AvgIpc) is 2.73. The number of aromatic nitrogens is 4. The van der Waals surface area contributed by atoms with Gasteiger partial charge in [0, 0.05) is 63.1 Å². The van der Waals surface area contributed by atoms with Crippen LogP contribution in [0.5, 0.6) is 0 Å². The predicted molar refractivity (Wildman–Crippen MR) is 107 cm³/mol. The van der Waals surface area contributed by atoms with Crippen LogP contribution in [0.15, 0.2) is 55.0 Å². The monoisotopic (exact) mass is 361 g/mol. The molecule has 1 fully saturated rings. The first-order chi connectivity index (χ1) is 13.3. The Kier molecular flexibility index (Phi) is 5.09. The molecule has 1 saturated heterocycles. The summed E-state index contributed by atoms with van der Waals surface area (Å²) in [5, 5.41) is 3.38. The molecule has 4 heterocycles. The zero-order valence-corrected chi connectivity index (χ0v) is 15.4. The predicted octanol–water partition coefficient (Wildman–Crippen LogP) is 2.51. The second-order valence-electron chi connectivity index (χ2n) is 6.57. The van der Waals surface area contributed by atoms with Gasteiger partial charge in [0.05, 0.1) is 0 Å². The molecule has 7 heteroatoms. The lowest BCUT2D eigenvalue weighted by Crippen LogP contribution is -2.47. The van der Waals surface area contributed by atoms with Crippen molar-refractivity contribution >= 4 is 17.6 Å². The molecule has 0 aromatic carbocycles. The second kappa shape index (κ2) is 7.99. The van der Waals surface area contributed by atoms with E-state index in [9.17, 15) is 0 Å². The fourth-order valence-electron chi connectivity index (χ4n) is 3.16. The fourth-order valence-corrected chi connectivity index (χ4v) is 3.16. The van der Waals surface area contributed by atoms with Crippen LogP contribution in [-0.4, -0.2) is 46.1 Å². The zero-order chi connectivity index (χ0) is 18.5. The highest BCUT2D eigenvalue weighted by Crippen LogP contribution is 2.18. The van der Waals surface area contributed by atoms with E-state index in [1.54, 1.807) is 6.20 Å². The van der Waals surface area contributed by atoms with E-state index in [1.165, 1.54) is 0 Å². The molecule has 3 aromatic rings. The third-order valence-corrected chi connectivity index (χ3v) is 4.57. The number of hydrogen-bond acceptors (Lipinski definition) is 7. The molecule has 7 nitrogen and oxygen atoms in total. The van der Waals surface area contributed by atoms with Crippen molar-refractivity contribution < 1.29 is 0 Å². The highest BCUT2D eigenvalue weighted by molar-refractivity contribution is 5.46. The second-order valence-corrected chi connectivity index (χ2v) is 6.57. The van der Waals surface area contributed by atoms with Gasteiger partial charge in [0.2, 0.25) is 5.95 Å². The molecule has 0 radical (unpaired) electrons. The summed E-state index contributed by atoms with van der Waals surface area (Å²) in [6, 6.07) is 12.0. The minimum absolute atomic E-state index is 0.692. The average molecular weight is 361 g/mol. The minimum Gasteiger partial charge on any atom is -0.366 e. The number of nitrogens with zero attached hydrogens (tertiary/aromatic N) is 6. The van der Waals surface area contributed by atoms with Crippen molar-refractivity contribution in [2.45, 2.75) is 13.5 Å². The van der Waals surface area contributed by atoms with Crippen LogP contribution < -0.4 is 15.1 Å². The highest BCUT2D eigenvalue weighted by Gasteiger charge is 2.20. The molecule has 0 saturated carbocycles. The summed E-state index contributed by atoms with van der Waals surface area (Å²) in [6.45, 7) is 6.27. The number of piperazine rings is 1. The summed E-state index contributed by atoms with van der Waals surface area (Å²) in [5.41, 5.74) is 2.08. The number of anilines is 3. The Labute approximate surface area is 159 Å². The van der Waals surface area contributed by atoms with Gasteiger partial charge in [-0.15, -0.1) is 0 Å². The molecule has 0 spiro atoms. The molecule has 1 aliphatic rings. The number of nitrogens with one attached hydrogen (secondary N) is 1. The van der Waals surface area contributed by atoms with Crippen molar-refractivity contribution in [3.63, 3.8) is 0 Å². The van der Waals surface area contributed by atoms with Crippen molar-refractivity contribution in [3.8, 4) is 0 Å². The molecule has 0 amide bonds. The van der Waals surface area contributed by atoms with E-state index in [1.807, 2.05) is 49.6 Å². The molecule has 1 N–H and O–H groups in total. The van der Waals surface area contributed by atoms with Crippen LogP contribution in [0.3, 0.4) is 0 Å². The Hall–Kier alpha value is -3.22. The van der Waals surface area contributed by atoms with Crippen molar-refractivity contribution in [2.24, 2.45) is 0 Å². The summed E-state index contributed by atoms with van der Waals surface area (Å²) in [7, 11) is 0. The fraction of sp³-hybridized carbons (Fsp3) is 0.300. The largest absolute Gasteiger partial charge is 0.366 e. The van der Waals surface area contributed by atoms with Gasteiger partial charge in [0.25, 0.3) is 0 Å². The van der Waals surface area contributed by atoms with Crippen LogP contribution >= 0.6 is 0 Å². The Balaban J connectivity index is 1.41. The molecule has 0 aliphatic carbocycles. The summed E-state index contributed by atoms with van der Waals surface area (Å²) < 4.78 is 0. The standard InChI is InChI=1S/C20H23N7/c1-16-13-18(23-15-17-5-4-7-21-14-17)25-20(24-16)27-11-9-26(10-12-27)19-6-2-3-8-22-19/h2-8,13-14H,9-12,15H2,1H3,(H,23,24,25). The zero-order valence-electron chi connectivity index (χ0n) is 15.4. The van der Waals surface area contributed by atoms with Gasteiger partial charge in [-0.25, -0.2) is 9.97 Å². The molecule has 0 unspecified atom stereocenters. The maximum Gasteiger partial charge on any atom is 0.227 e. The SMILES string of the molecule is Cc1cc(NCc2cccnc2)nc(N2CCN(c3ccccn3)CC2)n1. The van der Waals surface area contributed by atoms with E-state index in [2.05, 4.69) is 36.1 Å². The number of pyridine rings is 2. The lowest BCUT2D eigenvalue weighted by atomic mass is 10.3. The van der Waals surface area contributed by atoms with Gasteiger partial charge in [-0.05, 0) is 30.7 Å². The Morgan fingerprint density at radius 1 is 0.963 bits per heavy atom. The van der Waals surface area contributed by atoms with E-state index in [4.69, 9.17) is 4.98 Å². The van der Waals surface area contributed by atoms with Crippen LogP contribution in [0.25, 0.3) is 0 Å². The van der Waals surface area contributed by atoms with E-state index in [0.717, 1.165) is 55.0 Å². The van der Waals surface area contributed by atoms with Crippen LogP contribution in [0.4, 0.5) is 17.6 Å². The quantitative estimate of drug-likeness (QED) is 0.749. The van der Waals surface area contributed by atoms with Gasteiger partial charge in [0.1, 0.15) is 11.6 Å². The summed E-state index contributed by atoms with van der Waals surface area (Å²) in [4.78, 5) is 22.5. The Morgan fingerprint density at radius 2 is 1.81 bits per heavy atom. The number of hydrogen-bond donors (Lipinski definition) is 1. The number of rotatable bonds is 5. The molecule has 27 heavy (non-hydrogen) atoms. The summed E-state index contributed by atoms with van der Waals surface area (Å²) >= 11 is 0. The molecular weight excluding hydrogens is 338 g/mol. The van der Waals surface area contributed by atoms with Gasteiger partial charge in [-0.3, -0.25) is 4.98 Å². The van der Waals surface area contributed by atoms with Crippen LogP contribution in [0, 0.1) is 6.92 Å². The molecule has 1 aliphatic heterocycles. The molecular formula is C20H23N7. The van der Waals surface area contributed by atoms with Crippen LogP contribution in [0.2, 0.25) is 0 Å². The minimum atomic E-state index is 0.692. The lowest BCUT2D eigenvalue weighted by molar-refractivity contribution is 0.634. The lowest BCUT2D eigenvalue weighted by Gasteiger charge is -2.35. The van der Waals surface area contributed by atoms with Gasteiger partial charge in [0.15, 0.2) is 0 Å². The smallest absolute Gasteiger partial charge is 0.227 e. The first-order valence-electron chi connectivity index (χ1n) is 9.17. The van der Waals surface area contributed by atoms with E-state index >= 15 is 0 Å². The van der Waals surface area contributed by atoms with Crippen molar-refractivity contribution in [3.05, 3.63) is 66.2 Å². The van der Waals surface area contributed by atoms with Gasteiger partial charge in [-0.2, -0.15) is 4.98 Å². The molecule has 0 atom stereocenters. The normalized spacial score (nSPS) is 14.3. The van der Waals surface area contributed by atoms with Crippen molar-refractivity contribution in [2.75, 3.05) is 41.3 Å². The first-order valence-corrected chi connectivity index (χ1v) is 9.17. The summed E-state index contributed by atoms with van der Waals surface area (Å²) in [6.07, 6.45) is 5.48. The van der Waals surface area contributed by atoms with Gasteiger partial charge < -0.3 is 15.1 Å². The number of aryl methyl sites for hydroxylation is 1. The molecule has 138 valence electrons. The first kappa shape index (κ1) is 17.2. The maximum atomic E-state index is 4.72. The van der Waals surface area contributed by atoms with Gasteiger partial charge >= 0.3 is 0 Å². The topological polar surface area (TPSA) is 70.1 Å². The van der Waals surface area contributed by atoms with Crippen molar-refractivity contribution in [1.29, 1.82) is 0 Å². The van der Waals surface area contributed by atoms with E-state index < -0.39 is 0 Å². The van der Waals surface area contributed by atoms with Crippen molar-refractivity contribution in [1.82, 2.24) is 19.9 Å². The Morgan fingerprint density at radius 3 is 2.56 bits per heavy atom. The third-order valence-electron chi connectivity index (χ3n) is 4.57. The summed E-state index contributed by atoms with van der Waals surface area (Å²) in [5.74, 6) is 2.65. The molecule has 3 aromatic heterocycles. The molecule has 4 rings (SSSR count). The maximum absolute atomic E-state index is 4.72. The highest BCUT2D eigenvalue weighted by atomic mass is 15.3. The van der Waals surface area contributed by atoms with Crippen LogP contribution in [-0.2, 0) is 6.54 Å².